The van der Waals surface area contributed by atoms with Crippen LogP contribution in [-0.4, -0.2) is 18.6 Å². The van der Waals surface area contributed by atoms with Crippen molar-refractivity contribution in [3.8, 4) is 5.75 Å². The van der Waals surface area contributed by atoms with Gasteiger partial charge < -0.3 is 4.74 Å². The Bertz CT molecular complexity index is 548. The van der Waals surface area contributed by atoms with E-state index in [1.807, 2.05) is 45.0 Å². The van der Waals surface area contributed by atoms with E-state index in [9.17, 15) is 4.79 Å². The molecule has 1 aromatic carbocycles. The van der Waals surface area contributed by atoms with Gasteiger partial charge in [-0.3, -0.25) is 9.79 Å². The van der Waals surface area contributed by atoms with Gasteiger partial charge in [0.15, 0.2) is 5.78 Å². The zero-order chi connectivity index (χ0) is 17.2. The molecule has 0 amide bonds. The SMILES string of the molecule is CC.CC=NC(CCOc1ccc(C(=O)C2CC2)cc1)=C(C)C. The second-order valence-corrected chi connectivity index (χ2v) is 5.60. The fraction of sp³-hybridized carbons (Fsp3) is 0.500. The van der Waals surface area contributed by atoms with Gasteiger partial charge >= 0.3 is 0 Å². The van der Waals surface area contributed by atoms with Crippen molar-refractivity contribution in [1.82, 2.24) is 0 Å². The minimum atomic E-state index is 0.267. The fourth-order valence-electron chi connectivity index (χ4n) is 2.16. The van der Waals surface area contributed by atoms with Crippen LogP contribution in [0.1, 0.15) is 64.2 Å². The van der Waals surface area contributed by atoms with Crippen LogP contribution in [0, 0.1) is 5.92 Å². The molecule has 0 bridgehead atoms. The number of ketones is 1. The topological polar surface area (TPSA) is 38.7 Å². The second-order valence-electron chi connectivity index (χ2n) is 5.60. The molecule has 2 rings (SSSR count). The van der Waals surface area contributed by atoms with Crippen LogP contribution in [0.5, 0.6) is 5.75 Å². The van der Waals surface area contributed by atoms with E-state index in [0.717, 1.165) is 36.3 Å². The van der Waals surface area contributed by atoms with Crippen molar-refractivity contribution in [1.29, 1.82) is 0 Å². The summed E-state index contributed by atoms with van der Waals surface area (Å²) < 4.78 is 5.72. The van der Waals surface area contributed by atoms with Crippen LogP contribution in [-0.2, 0) is 0 Å². The number of carbonyl (C=O) groups excluding carboxylic acids is 1. The zero-order valence-corrected chi connectivity index (χ0v) is 15.1. The largest absolute Gasteiger partial charge is 0.493 e. The number of carbonyl (C=O) groups is 1. The fourth-order valence-corrected chi connectivity index (χ4v) is 2.16. The Morgan fingerprint density at radius 2 is 1.83 bits per heavy atom. The number of Topliss-reactive ketones (excluding diaryl/α,β-unsaturated/α-hetero) is 1. The van der Waals surface area contributed by atoms with Gasteiger partial charge in [-0.05, 0) is 57.9 Å². The Hall–Kier alpha value is -1.90. The molecule has 0 radical (unpaired) electrons. The number of hydrogen-bond donors (Lipinski definition) is 0. The third-order valence-corrected chi connectivity index (χ3v) is 3.56. The third-order valence-electron chi connectivity index (χ3n) is 3.56. The maximum absolute atomic E-state index is 11.9. The van der Waals surface area contributed by atoms with Crippen molar-refractivity contribution in [2.75, 3.05) is 6.61 Å². The average Bonchev–Trinajstić information content (AvgIpc) is 3.41. The summed E-state index contributed by atoms with van der Waals surface area (Å²) in [5.74, 6) is 1.34. The average molecular weight is 315 g/mol. The normalized spacial score (nSPS) is 13.3. The molecule has 23 heavy (non-hydrogen) atoms. The summed E-state index contributed by atoms with van der Waals surface area (Å²) in [6.45, 7) is 10.6. The lowest BCUT2D eigenvalue weighted by molar-refractivity contribution is 0.0967. The van der Waals surface area contributed by atoms with Crippen molar-refractivity contribution < 1.29 is 9.53 Å². The third kappa shape index (κ3) is 6.39. The van der Waals surface area contributed by atoms with Gasteiger partial charge in [0.1, 0.15) is 5.75 Å². The first-order valence-corrected chi connectivity index (χ1v) is 8.54. The first-order valence-electron chi connectivity index (χ1n) is 8.54. The molecule has 0 atom stereocenters. The van der Waals surface area contributed by atoms with E-state index in [1.54, 1.807) is 6.21 Å². The summed E-state index contributed by atoms with van der Waals surface area (Å²) in [6.07, 6.45) is 4.68. The monoisotopic (exact) mass is 315 g/mol. The molecule has 0 aromatic heterocycles. The zero-order valence-electron chi connectivity index (χ0n) is 15.1. The lowest BCUT2D eigenvalue weighted by Crippen LogP contribution is -2.02. The van der Waals surface area contributed by atoms with Gasteiger partial charge in [0.25, 0.3) is 0 Å². The summed E-state index contributed by atoms with van der Waals surface area (Å²) in [5.41, 5.74) is 3.07. The van der Waals surface area contributed by atoms with Crippen LogP contribution >= 0.6 is 0 Å². The molecular formula is C20H29NO2. The Kier molecular flexibility index (Phi) is 8.31. The molecule has 1 aliphatic carbocycles. The summed E-state index contributed by atoms with van der Waals surface area (Å²) in [7, 11) is 0. The highest BCUT2D eigenvalue weighted by Gasteiger charge is 2.30. The summed E-state index contributed by atoms with van der Waals surface area (Å²) in [4.78, 5) is 16.3. The molecule has 1 saturated carbocycles. The number of aliphatic imine (C=N–C) groups is 1. The first-order chi connectivity index (χ1) is 11.1. The Labute approximate surface area is 140 Å². The van der Waals surface area contributed by atoms with Gasteiger partial charge in [-0.2, -0.15) is 0 Å². The van der Waals surface area contributed by atoms with Crippen molar-refractivity contribution in [3.05, 3.63) is 41.1 Å². The molecule has 1 aliphatic rings. The smallest absolute Gasteiger partial charge is 0.165 e. The summed E-state index contributed by atoms with van der Waals surface area (Å²) in [5, 5.41) is 0. The van der Waals surface area contributed by atoms with Gasteiger partial charge in [-0.25, -0.2) is 0 Å². The highest BCUT2D eigenvalue weighted by molar-refractivity contribution is 5.99. The minimum absolute atomic E-state index is 0.267. The molecule has 126 valence electrons. The van der Waals surface area contributed by atoms with E-state index in [4.69, 9.17) is 4.74 Å². The number of rotatable bonds is 7. The highest BCUT2D eigenvalue weighted by atomic mass is 16.5. The maximum Gasteiger partial charge on any atom is 0.165 e. The van der Waals surface area contributed by atoms with E-state index >= 15 is 0 Å². The summed E-state index contributed by atoms with van der Waals surface area (Å²) in [6, 6.07) is 7.48. The van der Waals surface area contributed by atoms with Crippen LogP contribution in [0.3, 0.4) is 0 Å². The van der Waals surface area contributed by atoms with Gasteiger partial charge in [0, 0.05) is 29.8 Å². The number of allylic oxidation sites excluding steroid dienone is 1. The lowest BCUT2D eigenvalue weighted by atomic mass is 10.1. The standard InChI is InChI=1S/C18H23NO2.C2H6/c1-4-19-17(13(2)3)11-12-21-16-9-7-15(8-10-16)18(20)14-5-6-14;1-2/h4,7-10,14H,5-6,11-12H2,1-3H3;1-2H3. The van der Waals surface area contributed by atoms with Gasteiger partial charge in [0.2, 0.25) is 0 Å². The second kappa shape index (κ2) is 9.98. The van der Waals surface area contributed by atoms with Crippen LogP contribution in [0.2, 0.25) is 0 Å². The Morgan fingerprint density at radius 1 is 1.22 bits per heavy atom. The first kappa shape index (κ1) is 19.1. The molecule has 0 spiro atoms. The molecule has 0 aliphatic heterocycles. The highest BCUT2D eigenvalue weighted by Crippen LogP contribution is 2.32. The quantitative estimate of drug-likeness (QED) is 0.495. The van der Waals surface area contributed by atoms with E-state index in [2.05, 4.69) is 18.8 Å². The molecule has 0 saturated heterocycles. The van der Waals surface area contributed by atoms with Crippen LogP contribution in [0.4, 0.5) is 0 Å². The number of ether oxygens (including phenoxy) is 1. The molecule has 1 fully saturated rings. The Balaban J connectivity index is 0.00000127. The lowest BCUT2D eigenvalue weighted by Gasteiger charge is -2.08. The van der Waals surface area contributed by atoms with Crippen molar-refractivity contribution in [2.24, 2.45) is 10.9 Å². The van der Waals surface area contributed by atoms with Crippen molar-refractivity contribution in [3.63, 3.8) is 0 Å². The predicted octanol–water partition coefficient (Wildman–Crippen LogP) is 5.46. The van der Waals surface area contributed by atoms with E-state index < -0.39 is 0 Å². The number of benzene rings is 1. The molecule has 1 aromatic rings. The van der Waals surface area contributed by atoms with Gasteiger partial charge in [-0.15, -0.1) is 0 Å². The molecular weight excluding hydrogens is 286 g/mol. The van der Waals surface area contributed by atoms with Crippen LogP contribution < -0.4 is 4.74 Å². The van der Waals surface area contributed by atoms with E-state index in [-0.39, 0.29) is 11.7 Å². The molecule has 3 nitrogen and oxygen atoms in total. The summed E-state index contributed by atoms with van der Waals surface area (Å²) >= 11 is 0. The van der Waals surface area contributed by atoms with Crippen LogP contribution in [0.15, 0.2) is 40.5 Å². The van der Waals surface area contributed by atoms with Crippen molar-refractivity contribution >= 4 is 12.0 Å². The van der Waals surface area contributed by atoms with Crippen LogP contribution in [0.25, 0.3) is 0 Å². The van der Waals surface area contributed by atoms with Crippen molar-refractivity contribution in [2.45, 2.75) is 53.9 Å². The van der Waals surface area contributed by atoms with Gasteiger partial charge in [0.05, 0.1) is 6.61 Å². The molecule has 0 unspecified atom stereocenters. The van der Waals surface area contributed by atoms with Gasteiger partial charge in [-0.1, -0.05) is 19.4 Å². The number of hydrogen-bond acceptors (Lipinski definition) is 3. The molecule has 0 heterocycles. The number of nitrogens with zero attached hydrogens (tertiary/aromatic N) is 1. The molecule has 0 N–H and O–H groups in total. The van der Waals surface area contributed by atoms with E-state index in [1.165, 1.54) is 5.57 Å². The molecule has 3 heteroatoms. The minimum Gasteiger partial charge on any atom is -0.493 e. The Morgan fingerprint density at radius 3 is 2.30 bits per heavy atom. The van der Waals surface area contributed by atoms with E-state index in [0.29, 0.717) is 6.61 Å². The maximum atomic E-state index is 11.9. The predicted molar refractivity (Wildman–Crippen MR) is 97.5 cm³/mol.